The van der Waals surface area contributed by atoms with E-state index in [0.717, 1.165) is 38.2 Å². The Kier molecular flexibility index (Phi) is 14.6. The van der Waals surface area contributed by atoms with Gasteiger partial charge in [-0.25, -0.2) is 4.79 Å². The molecular weight excluding hydrogens is 709 g/mol. The van der Waals surface area contributed by atoms with Crippen molar-refractivity contribution >= 4 is 45.2 Å². The van der Waals surface area contributed by atoms with Crippen LogP contribution in [-0.4, -0.2) is 63.1 Å². The molecule has 0 aliphatic carbocycles. The summed E-state index contributed by atoms with van der Waals surface area (Å²) in [5.74, 6) is -0.328. The first-order chi connectivity index (χ1) is 27.2. The third-order valence-corrected chi connectivity index (χ3v) is 9.21. The highest BCUT2D eigenvalue weighted by molar-refractivity contribution is 6.10. The van der Waals surface area contributed by atoms with Crippen LogP contribution in [0.5, 0.6) is 17.2 Å². The van der Waals surface area contributed by atoms with Gasteiger partial charge in [0.2, 0.25) is 5.91 Å². The minimum atomic E-state index is -0.995. The van der Waals surface area contributed by atoms with Crippen LogP contribution in [0.2, 0.25) is 0 Å². The molecule has 6 N–H and O–H groups in total. The Morgan fingerprint density at radius 2 is 1.36 bits per heavy atom. The number of nitrogens with one attached hydrogen (secondary N) is 2. The van der Waals surface area contributed by atoms with Crippen LogP contribution >= 0.6 is 0 Å². The van der Waals surface area contributed by atoms with Gasteiger partial charge in [-0.3, -0.25) is 26.0 Å². The van der Waals surface area contributed by atoms with E-state index in [0.29, 0.717) is 49.8 Å². The number of nitrogens with two attached hydrogens (primary N) is 2. The third-order valence-electron chi connectivity index (χ3n) is 9.21. The molecule has 0 heterocycles. The maximum atomic E-state index is 13.9. The molecule has 2 atom stereocenters. The number of rotatable bonds is 21. The minimum Gasteiger partial charge on any atom is -0.490 e. The molecule has 0 bridgehead atoms. The number of Topliss-reactive ketones (excluding diaryl/α,β-unsaturated/α-hetero) is 1. The second kappa shape index (κ2) is 20.2. The van der Waals surface area contributed by atoms with Crippen LogP contribution in [0.4, 0.5) is 0 Å². The molecule has 11 nitrogen and oxygen atoms in total. The van der Waals surface area contributed by atoms with Crippen LogP contribution in [0.1, 0.15) is 24.8 Å². The molecule has 5 rings (SSSR count). The van der Waals surface area contributed by atoms with Crippen molar-refractivity contribution in [3.63, 3.8) is 0 Å². The van der Waals surface area contributed by atoms with Crippen LogP contribution in [-0.2, 0) is 25.5 Å². The standard InChI is InChI=1S/C45H48N4O7/c1-4-25-54-35-20-16-30(17-21-35)27-38(44(52)53-3)49-43(51)33(13-10-24-48-45(46)47)28-34(50)29-56-40-23-19-32-12-7-9-15-37(32)42(40)41-36-14-8-6-11-31(36)18-22-39(41)55-26-5-2/h4-9,11-12,14-23,33,38H,1-2,10,13,24-29H2,3H3,(H,49,51)(H4,46,47,48)/p+1/t33-,38-/m0/s1. The van der Waals surface area contributed by atoms with Crippen molar-refractivity contribution in [1.29, 1.82) is 0 Å². The first-order valence-corrected chi connectivity index (χ1v) is 18.5. The number of hydrogen-bond donors (Lipinski definition) is 4. The van der Waals surface area contributed by atoms with Crippen LogP contribution < -0.4 is 36.0 Å². The number of carbonyl (C=O) groups is 3. The largest absolute Gasteiger partial charge is 0.490 e. The number of methoxy groups -OCH3 is 1. The molecule has 0 saturated heterocycles. The molecule has 56 heavy (non-hydrogen) atoms. The fraction of sp³-hybridized carbons (Fsp3) is 0.244. The summed E-state index contributed by atoms with van der Waals surface area (Å²) in [5.41, 5.74) is 13.5. The average Bonchev–Trinajstić information content (AvgIpc) is 3.21. The zero-order valence-corrected chi connectivity index (χ0v) is 31.6. The van der Waals surface area contributed by atoms with Gasteiger partial charge in [-0.2, -0.15) is 0 Å². The van der Waals surface area contributed by atoms with Gasteiger partial charge in [0.05, 0.1) is 13.7 Å². The Morgan fingerprint density at radius 3 is 1.95 bits per heavy atom. The van der Waals surface area contributed by atoms with Crippen molar-refractivity contribution in [2.24, 2.45) is 17.4 Å². The highest BCUT2D eigenvalue weighted by atomic mass is 16.5. The van der Waals surface area contributed by atoms with E-state index in [1.165, 1.54) is 7.11 Å². The second-order valence-electron chi connectivity index (χ2n) is 13.2. The van der Waals surface area contributed by atoms with Crippen molar-refractivity contribution in [3.8, 4) is 28.4 Å². The van der Waals surface area contributed by atoms with Crippen molar-refractivity contribution in [1.82, 2.24) is 5.32 Å². The number of carbonyl (C=O) groups excluding carboxylic acids is 3. The lowest BCUT2D eigenvalue weighted by Crippen LogP contribution is -2.78. The number of amides is 1. The number of ether oxygens (including phenoxy) is 4. The van der Waals surface area contributed by atoms with Crippen LogP contribution in [0.3, 0.4) is 0 Å². The monoisotopic (exact) mass is 757 g/mol. The zero-order valence-electron chi connectivity index (χ0n) is 31.6. The number of fused-ring (bicyclic) bond motifs is 2. The number of guanidine groups is 1. The second-order valence-corrected chi connectivity index (χ2v) is 13.2. The Bertz CT molecular complexity index is 2200. The molecule has 0 unspecified atom stereocenters. The molecule has 5 aromatic carbocycles. The smallest absolute Gasteiger partial charge is 0.338 e. The number of ketones is 1. The fourth-order valence-corrected chi connectivity index (χ4v) is 6.54. The molecule has 1 amide bonds. The van der Waals surface area contributed by atoms with Crippen LogP contribution in [0.25, 0.3) is 32.7 Å². The molecule has 11 heteroatoms. The summed E-state index contributed by atoms with van der Waals surface area (Å²) in [4.78, 5) is 43.4. The predicted molar refractivity (Wildman–Crippen MR) is 219 cm³/mol. The van der Waals surface area contributed by atoms with Gasteiger partial charge in [-0.1, -0.05) is 98.1 Å². The van der Waals surface area contributed by atoms with E-state index in [4.69, 9.17) is 30.4 Å². The summed E-state index contributed by atoms with van der Waals surface area (Å²) in [6.07, 6.45) is 4.15. The Labute approximate surface area is 327 Å². The number of esters is 1. The average molecular weight is 758 g/mol. The van der Waals surface area contributed by atoms with E-state index in [1.807, 2.05) is 84.9 Å². The lowest BCUT2D eigenvalue weighted by Gasteiger charge is -2.22. The van der Waals surface area contributed by atoms with E-state index in [1.54, 1.807) is 24.3 Å². The van der Waals surface area contributed by atoms with Gasteiger partial charge in [0, 0.05) is 29.9 Å². The van der Waals surface area contributed by atoms with Gasteiger partial charge in [0.25, 0.3) is 0 Å². The van der Waals surface area contributed by atoms with Crippen molar-refractivity contribution < 1.29 is 38.3 Å². The summed E-state index contributed by atoms with van der Waals surface area (Å²) in [5, 5.41) is 6.72. The lowest BCUT2D eigenvalue weighted by molar-refractivity contribution is -0.459. The first-order valence-electron chi connectivity index (χ1n) is 18.5. The van der Waals surface area contributed by atoms with E-state index in [2.05, 4.69) is 23.5 Å². The Balaban J connectivity index is 1.39. The molecule has 0 radical (unpaired) electrons. The maximum Gasteiger partial charge on any atom is 0.338 e. The van der Waals surface area contributed by atoms with E-state index in [-0.39, 0.29) is 31.2 Å². The van der Waals surface area contributed by atoms with Crippen LogP contribution in [0, 0.1) is 5.92 Å². The van der Waals surface area contributed by atoms with Gasteiger partial charge in [-0.15, -0.1) is 0 Å². The molecule has 0 aliphatic heterocycles. The summed E-state index contributed by atoms with van der Waals surface area (Å²) < 4.78 is 23.1. The van der Waals surface area contributed by atoms with Gasteiger partial charge in [0.15, 0.2) is 5.78 Å². The summed E-state index contributed by atoms with van der Waals surface area (Å²) in [6.45, 7) is 8.22. The van der Waals surface area contributed by atoms with Gasteiger partial charge < -0.3 is 24.3 Å². The van der Waals surface area contributed by atoms with Gasteiger partial charge in [0.1, 0.15) is 43.1 Å². The molecule has 0 fully saturated rings. The Hall–Kier alpha value is -6.62. The minimum absolute atomic E-state index is 0.0533. The van der Waals surface area contributed by atoms with Gasteiger partial charge >= 0.3 is 11.9 Å². The number of hydrogen-bond acceptors (Lipinski definition) is 7. The quantitative estimate of drug-likeness (QED) is 0.0271. The molecule has 0 spiro atoms. The molecular formula is C45H49N4O7+. The Morgan fingerprint density at radius 1 is 0.768 bits per heavy atom. The molecule has 0 aliphatic rings. The lowest BCUT2D eigenvalue weighted by atomic mass is 9.92. The van der Waals surface area contributed by atoms with Crippen molar-refractivity contribution in [2.45, 2.75) is 31.7 Å². The fourth-order valence-electron chi connectivity index (χ4n) is 6.54. The summed E-state index contributed by atoms with van der Waals surface area (Å²) >= 11 is 0. The summed E-state index contributed by atoms with van der Waals surface area (Å²) in [6, 6.07) is 29.9. The molecule has 5 aromatic rings. The topological polar surface area (TPSA) is 166 Å². The van der Waals surface area contributed by atoms with E-state index < -0.39 is 23.8 Å². The third kappa shape index (κ3) is 10.7. The van der Waals surface area contributed by atoms with Gasteiger partial charge in [-0.05, 0) is 64.2 Å². The predicted octanol–water partition coefficient (Wildman–Crippen LogP) is 4.78. The zero-order chi connectivity index (χ0) is 39.9. The first kappa shape index (κ1) is 40.6. The van der Waals surface area contributed by atoms with Crippen molar-refractivity contribution in [3.05, 3.63) is 128 Å². The normalized spacial score (nSPS) is 11.9. The van der Waals surface area contributed by atoms with Crippen molar-refractivity contribution in [2.75, 3.05) is 33.5 Å². The maximum absolute atomic E-state index is 13.9. The van der Waals surface area contributed by atoms with Crippen LogP contribution in [0.15, 0.2) is 122 Å². The van der Waals surface area contributed by atoms with E-state index >= 15 is 0 Å². The molecule has 0 saturated carbocycles. The highest BCUT2D eigenvalue weighted by Crippen LogP contribution is 2.45. The van der Waals surface area contributed by atoms with E-state index in [9.17, 15) is 14.4 Å². The summed E-state index contributed by atoms with van der Waals surface area (Å²) in [7, 11) is 1.26. The molecule has 290 valence electrons. The SMILES string of the molecule is C=CCOc1ccc(C[C@H](NC(=O)[C@@H](CCC[NH+]=C(N)N)CC(=O)COc2ccc3ccccc3c2-c2c(OCC=C)ccc3ccccc23)C(=O)OC)cc1. The number of benzene rings is 5. The molecule has 0 aromatic heterocycles. The highest BCUT2D eigenvalue weighted by Gasteiger charge is 2.28.